The molecule has 0 amide bonds. The van der Waals surface area contributed by atoms with E-state index in [1.54, 1.807) is 147 Å². The zero-order valence-electron chi connectivity index (χ0n) is 64.5. The number of unbranched alkanes of at least 4 members (excludes halogenated alkanes) is 24. The molecule has 0 saturated heterocycles. The van der Waals surface area contributed by atoms with Gasteiger partial charge in [0.25, 0.3) is 0 Å². The predicted octanol–water partition coefficient (Wildman–Crippen LogP) is 20.2. The maximum Gasteiger partial charge on any atom is 0.343 e. The van der Waals surface area contributed by atoms with Gasteiger partial charge in [0.05, 0.1) is 75.1 Å². The van der Waals surface area contributed by atoms with Crippen molar-refractivity contribution in [3.8, 4) is 46.0 Å². The van der Waals surface area contributed by atoms with E-state index in [0.29, 0.717) is 132 Å². The van der Waals surface area contributed by atoms with Gasteiger partial charge in [-0.1, -0.05) is 129 Å². The summed E-state index contributed by atoms with van der Waals surface area (Å²) in [6.45, 7) is 21.1. The first-order valence-corrected chi connectivity index (χ1v) is 38.8. The minimum absolute atomic E-state index is 0.319. The molecule has 6 aromatic rings. The number of ether oxygens (including phenoxy) is 12. The maximum atomic E-state index is 12.9. The van der Waals surface area contributed by atoms with Crippen molar-refractivity contribution in [3.05, 3.63) is 217 Å². The average molecular weight is 1510 g/mol. The van der Waals surface area contributed by atoms with Crippen molar-refractivity contribution in [2.45, 2.75) is 194 Å². The van der Waals surface area contributed by atoms with E-state index in [2.05, 4.69) is 26.3 Å². The Bertz CT molecular complexity index is 3750. The summed E-state index contributed by atoms with van der Waals surface area (Å²) in [5, 5.41) is 0. The minimum atomic E-state index is -0.526. The number of aryl methyl sites for hydroxylation is 2. The monoisotopic (exact) mass is 1510 g/mol. The SMILES string of the molecule is C=CC(=O)OCCCCCCCCCCCCOc1ccc(C(=O)Oc2ccc(OC(=O)c3ccc(OCCCCCCCCCCCCOC(=O)C=C)cc3)c(C)c2)cc1.C=CC(=O)OCCCCCCOc1ccc(C(=O)Oc2ccc(OC(=O)c3ccc(OCCCCCCOC(=O)C=C)cc3)c(C)c2)cc1. The van der Waals surface area contributed by atoms with Crippen molar-refractivity contribution in [1.82, 2.24) is 0 Å². The van der Waals surface area contributed by atoms with Crippen molar-refractivity contribution in [2.24, 2.45) is 0 Å². The highest BCUT2D eigenvalue weighted by molar-refractivity contribution is 5.93. The lowest BCUT2D eigenvalue weighted by Gasteiger charge is -2.11. The van der Waals surface area contributed by atoms with Gasteiger partial charge < -0.3 is 56.8 Å². The summed E-state index contributed by atoms with van der Waals surface area (Å²) in [5.41, 5.74) is 2.82. The van der Waals surface area contributed by atoms with E-state index in [-0.39, 0.29) is 11.9 Å². The van der Waals surface area contributed by atoms with Crippen LogP contribution in [0, 0.1) is 13.8 Å². The number of hydrogen-bond donors (Lipinski definition) is 0. The van der Waals surface area contributed by atoms with Crippen LogP contribution in [0.5, 0.6) is 46.0 Å². The molecule has 0 spiro atoms. The zero-order chi connectivity index (χ0) is 79.0. The first-order chi connectivity index (χ1) is 53.6. The molecule has 0 atom stereocenters. The van der Waals surface area contributed by atoms with Crippen molar-refractivity contribution in [3.63, 3.8) is 0 Å². The van der Waals surface area contributed by atoms with Gasteiger partial charge in [-0.15, -0.1) is 0 Å². The normalized spacial score (nSPS) is 10.6. The fourth-order valence-electron chi connectivity index (χ4n) is 11.0. The van der Waals surface area contributed by atoms with Crippen LogP contribution < -0.4 is 37.9 Å². The lowest BCUT2D eigenvalue weighted by molar-refractivity contribution is -0.138. The summed E-state index contributed by atoms with van der Waals surface area (Å²) in [4.78, 5) is 95.3. The van der Waals surface area contributed by atoms with Crippen LogP contribution in [0.25, 0.3) is 0 Å². The second-order valence-corrected chi connectivity index (χ2v) is 26.3. The van der Waals surface area contributed by atoms with Gasteiger partial charge in [0.15, 0.2) is 0 Å². The second-order valence-electron chi connectivity index (χ2n) is 26.3. The molecule has 110 heavy (non-hydrogen) atoms. The average Bonchev–Trinajstić information content (AvgIpc) is 0.847. The van der Waals surface area contributed by atoms with E-state index in [9.17, 15) is 38.4 Å². The molecular formula is C90H112O20. The van der Waals surface area contributed by atoms with Gasteiger partial charge in [-0.25, -0.2) is 38.4 Å². The standard InChI is InChI=1S/C51H68O10.C39H44O10/c1-4-48(52)58-38-24-20-16-12-8-6-10-14-18-22-36-56-44-30-26-42(27-31-44)50(54)60-46-34-35-47(41(3)40-46)61-51(55)43-28-32-45(33-29-43)57-37-23-19-15-11-7-9-13-17-21-25-39-59-49(53)5-2;1-4-36(40)46-26-12-8-6-10-24-44-32-18-14-30(15-19-32)38(42)48-34-22-23-35(29(3)28-34)49-39(43)31-16-20-33(21-17-31)45-25-11-7-9-13-27-47-37(41)5-2/h4-5,26-35,40H,1-2,6-25,36-39H2,3H3;4-5,14-23,28H,1-2,6-13,24-27H2,3H3. The molecule has 0 aliphatic carbocycles. The molecule has 0 radical (unpaired) electrons. The van der Waals surface area contributed by atoms with Gasteiger partial charge in [0, 0.05) is 24.3 Å². The third-order valence-corrected chi connectivity index (χ3v) is 17.4. The van der Waals surface area contributed by atoms with Crippen molar-refractivity contribution in [1.29, 1.82) is 0 Å². The first kappa shape index (κ1) is 89.9. The summed E-state index contributed by atoms with van der Waals surface area (Å²) in [6, 6.07) is 37.0. The Labute approximate surface area is 649 Å². The van der Waals surface area contributed by atoms with Crippen molar-refractivity contribution in [2.75, 3.05) is 52.9 Å². The largest absolute Gasteiger partial charge is 0.494 e. The molecule has 0 aliphatic rings. The summed E-state index contributed by atoms with van der Waals surface area (Å²) in [7, 11) is 0. The fraction of sp³-hybridized carbons (Fsp3) is 0.422. The predicted molar refractivity (Wildman–Crippen MR) is 424 cm³/mol. The van der Waals surface area contributed by atoms with E-state index in [1.807, 2.05) is 0 Å². The molecular weight excluding hydrogens is 1400 g/mol. The molecule has 6 rings (SSSR count). The van der Waals surface area contributed by atoms with Crippen LogP contribution in [0.3, 0.4) is 0 Å². The van der Waals surface area contributed by atoms with Crippen LogP contribution in [0.1, 0.15) is 232 Å². The Morgan fingerprint density at radius 2 is 0.418 bits per heavy atom. The van der Waals surface area contributed by atoms with Crippen LogP contribution in [-0.2, 0) is 38.1 Å². The molecule has 20 heteroatoms. The number of esters is 8. The Hall–Kier alpha value is -10.8. The van der Waals surface area contributed by atoms with E-state index in [4.69, 9.17) is 56.8 Å². The summed E-state index contributed by atoms with van der Waals surface area (Å²) >= 11 is 0. The molecule has 0 N–H and O–H groups in total. The van der Waals surface area contributed by atoms with E-state index < -0.39 is 35.8 Å². The highest BCUT2D eigenvalue weighted by Crippen LogP contribution is 2.29. The number of carbonyl (C=O) groups excluding carboxylic acids is 8. The van der Waals surface area contributed by atoms with Crippen molar-refractivity contribution >= 4 is 47.8 Å². The van der Waals surface area contributed by atoms with Crippen LogP contribution in [0.15, 0.2) is 184 Å². The van der Waals surface area contributed by atoms with Gasteiger partial charge >= 0.3 is 47.8 Å². The van der Waals surface area contributed by atoms with E-state index in [0.717, 1.165) is 115 Å². The molecule has 0 heterocycles. The third-order valence-electron chi connectivity index (χ3n) is 17.4. The Morgan fingerprint density at radius 1 is 0.236 bits per heavy atom. The highest BCUT2D eigenvalue weighted by Gasteiger charge is 2.17. The van der Waals surface area contributed by atoms with Gasteiger partial charge in [-0.05, 0) is 235 Å². The summed E-state index contributed by atoms with van der Waals surface area (Å²) < 4.78 is 65.5. The van der Waals surface area contributed by atoms with Crippen molar-refractivity contribution < 1.29 is 95.2 Å². The highest BCUT2D eigenvalue weighted by atomic mass is 16.6. The smallest absolute Gasteiger partial charge is 0.343 e. The molecule has 6 aromatic carbocycles. The number of benzene rings is 6. The molecule has 0 bridgehead atoms. The molecule has 20 nitrogen and oxygen atoms in total. The number of carbonyl (C=O) groups is 8. The van der Waals surface area contributed by atoms with Gasteiger partial charge in [0.1, 0.15) is 46.0 Å². The van der Waals surface area contributed by atoms with Crippen LogP contribution in [0.4, 0.5) is 0 Å². The maximum absolute atomic E-state index is 12.9. The van der Waals surface area contributed by atoms with Crippen LogP contribution in [-0.4, -0.2) is 101 Å². The Kier molecular flexibility index (Phi) is 45.4. The third kappa shape index (κ3) is 39.4. The molecule has 0 aromatic heterocycles. The molecule has 0 fully saturated rings. The number of rotatable bonds is 56. The Balaban J connectivity index is 0.000000403. The summed E-state index contributed by atoms with van der Waals surface area (Å²) in [6.07, 6.45) is 34.4. The van der Waals surface area contributed by atoms with Crippen LogP contribution >= 0.6 is 0 Å². The topological polar surface area (TPSA) is 247 Å². The lowest BCUT2D eigenvalue weighted by Crippen LogP contribution is -2.10. The molecule has 0 aliphatic heterocycles. The van der Waals surface area contributed by atoms with Crippen LogP contribution in [0.2, 0.25) is 0 Å². The first-order valence-electron chi connectivity index (χ1n) is 38.8. The van der Waals surface area contributed by atoms with Gasteiger partial charge in [-0.3, -0.25) is 0 Å². The van der Waals surface area contributed by atoms with E-state index in [1.165, 1.54) is 89.2 Å². The summed E-state index contributed by atoms with van der Waals surface area (Å²) in [5.74, 6) is 0.571. The minimum Gasteiger partial charge on any atom is -0.494 e. The van der Waals surface area contributed by atoms with Gasteiger partial charge in [-0.2, -0.15) is 0 Å². The zero-order valence-corrected chi connectivity index (χ0v) is 64.5. The second kappa shape index (κ2) is 55.6. The molecule has 592 valence electrons. The fourth-order valence-corrected chi connectivity index (χ4v) is 11.0. The lowest BCUT2D eigenvalue weighted by atomic mass is 10.1. The Morgan fingerprint density at radius 3 is 0.618 bits per heavy atom. The molecule has 0 saturated carbocycles. The van der Waals surface area contributed by atoms with Gasteiger partial charge in [0.2, 0.25) is 0 Å². The number of hydrogen-bond acceptors (Lipinski definition) is 20. The quantitative estimate of drug-likeness (QED) is 0.0113. The van der Waals surface area contributed by atoms with E-state index >= 15 is 0 Å². The molecule has 0 unspecified atom stereocenters.